The summed E-state index contributed by atoms with van der Waals surface area (Å²) < 4.78 is 0. The van der Waals surface area contributed by atoms with Gasteiger partial charge in [-0.1, -0.05) is 19.8 Å². The molecule has 1 amide bonds. The lowest BCUT2D eigenvalue weighted by Gasteiger charge is -2.17. The van der Waals surface area contributed by atoms with Crippen LogP contribution in [0.5, 0.6) is 0 Å². The molecule has 0 saturated carbocycles. The minimum absolute atomic E-state index is 0.507. The lowest BCUT2D eigenvalue weighted by atomic mass is 10.1. The number of hydrogen-bond acceptors (Lipinski definition) is 1. The van der Waals surface area contributed by atoms with Crippen LogP contribution >= 0.6 is 0 Å². The number of unbranched alkanes of at least 4 members (excludes halogenated alkanes) is 1. The molecule has 0 spiro atoms. The van der Waals surface area contributed by atoms with E-state index in [-0.39, 0.29) is 0 Å². The number of rotatable bonds is 4. The maximum absolute atomic E-state index is 10.4. The average Bonchev–Trinajstić information content (AvgIpc) is 2.47. The van der Waals surface area contributed by atoms with E-state index in [9.17, 15) is 4.79 Å². The van der Waals surface area contributed by atoms with Crippen LogP contribution < -0.4 is 0 Å². The topological polar surface area (TPSA) is 20.3 Å². The van der Waals surface area contributed by atoms with Gasteiger partial charge >= 0.3 is 6.41 Å². The van der Waals surface area contributed by atoms with E-state index in [0.29, 0.717) is 6.04 Å². The maximum Gasteiger partial charge on any atom is 0.312 e. The SMILES string of the molecule is CCCCC1CCCN1[C]=O. The second-order valence-electron chi connectivity index (χ2n) is 3.22. The first-order chi connectivity index (χ1) is 5.38. The molecule has 1 radical (unpaired) electrons. The molecule has 1 aliphatic heterocycles. The van der Waals surface area contributed by atoms with Crippen LogP contribution in [0, 0.1) is 0 Å². The third-order valence-corrected chi connectivity index (χ3v) is 2.39. The molecule has 1 unspecified atom stereocenters. The summed E-state index contributed by atoms with van der Waals surface area (Å²) in [5, 5.41) is 0. The summed E-state index contributed by atoms with van der Waals surface area (Å²) in [5.74, 6) is 0. The van der Waals surface area contributed by atoms with Crippen LogP contribution in [0.4, 0.5) is 0 Å². The lowest BCUT2D eigenvalue weighted by Crippen LogP contribution is -2.27. The van der Waals surface area contributed by atoms with E-state index in [2.05, 4.69) is 6.92 Å². The van der Waals surface area contributed by atoms with Crippen molar-refractivity contribution in [3.63, 3.8) is 0 Å². The van der Waals surface area contributed by atoms with Gasteiger partial charge in [0.2, 0.25) is 0 Å². The quantitative estimate of drug-likeness (QED) is 0.603. The van der Waals surface area contributed by atoms with Crippen molar-refractivity contribution in [1.29, 1.82) is 0 Å². The predicted octanol–water partition coefficient (Wildman–Crippen LogP) is 1.71. The highest BCUT2D eigenvalue weighted by molar-refractivity contribution is 5.49. The Balaban J connectivity index is 2.25. The summed E-state index contributed by atoms with van der Waals surface area (Å²) in [6.45, 7) is 3.11. The van der Waals surface area contributed by atoms with Gasteiger partial charge in [0.05, 0.1) is 0 Å². The van der Waals surface area contributed by atoms with Crippen LogP contribution in [0.1, 0.15) is 39.0 Å². The molecular weight excluding hydrogens is 138 g/mol. The molecule has 1 aliphatic rings. The molecule has 0 aromatic heterocycles. The van der Waals surface area contributed by atoms with Gasteiger partial charge in [0.25, 0.3) is 0 Å². The third kappa shape index (κ3) is 2.21. The Morgan fingerprint density at radius 2 is 2.45 bits per heavy atom. The number of carbonyl (C=O) groups excluding carboxylic acids is 1. The van der Waals surface area contributed by atoms with Crippen LogP contribution in [0.25, 0.3) is 0 Å². The van der Waals surface area contributed by atoms with E-state index in [1.807, 2.05) is 11.3 Å². The highest BCUT2D eigenvalue weighted by Crippen LogP contribution is 2.19. The summed E-state index contributed by atoms with van der Waals surface area (Å²) in [4.78, 5) is 12.2. The number of hydrogen-bond donors (Lipinski definition) is 0. The second-order valence-corrected chi connectivity index (χ2v) is 3.22. The molecular formula is C9H16NO. The van der Waals surface area contributed by atoms with Gasteiger partial charge in [-0.15, -0.1) is 0 Å². The molecule has 11 heavy (non-hydrogen) atoms. The molecule has 2 heteroatoms. The molecule has 0 N–H and O–H groups in total. The van der Waals surface area contributed by atoms with Gasteiger partial charge < -0.3 is 4.90 Å². The van der Waals surface area contributed by atoms with E-state index in [0.717, 1.165) is 6.54 Å². The van der Waals surface area contributed by atoms with Crippen LogP contribution in [0.3, 0.4) is 0 Å². The van der Waals surface area contributed by atoms with Gasteiger partial charge in [0, 0.05) is 12.6 Å². The minimum atomic E-state index is 0.507. The molecule has 0 aromatic rings. The Morgan fingerprint density at radius 1 is 1.64 bits per heavy atom. The predicted molar refractivity (Wildman–Crippen MR) is 44.9 cm³/mol. The standard InChI is InChI=1S/C9H16NO/c1-2-3-5-9-6-4-7-10(9)8-11/h9H,2-7H2,1H3. The molecule has 63 valence electrons. The molecule has 1 rings (SSSR count). The summed E-state index contributed by atoms with van der Waals surface area (Å²) in [5.41, 5.74) is 0. The molecule has 0 aliphatic carbocycles. The van der Waals surface area contributed by atoms with Crippen molar-refractivity contribution in [2.24, 2.45) is 0 Å². The fraction of sp³-hybridized carbons (Fsp3) is 0.889. The smallest absolute Gasteiger partial charge is 0.312 e. The fourth-order valence-electron chi connectivity index (χ4n) is 1.70. The van der Waals surface area contributed by atoms with E-state index in [1.165, 1.54) is 32.1 Å². The van der Waals surface area contributed by atoms with Gasteiger partial charge in [0.15, 0.2) is 0 Å². The highest BCUT2D eigenvalue weighted by Gasteiger charge is 2.22. The zero-order valence-corrected chi connectivity index (χ0v) is 7.18. The first-order valence-electron chi connectivity index (χ1n) is 4.53. The molecule has 2 nitrogen and oxygen atoms in total. The summed E-state index contributed by atoms with van der Waals surface area (Å²) in [7, 11) is 0. The zero-order valence-electron chi connectivity index (χ0n) is 7.18. The monoisotopic (exact) mass is 154 g/mol. The van der Waals surface area contributed by atoms with Crippen LogP contribution in [0.2, 0.25) is 0 Å². The van der Waals surface area contributed by atoms with Crippen LogP contribution in [0.15, 0.2) is 0 Å². The molecule has 1 heterocycles. The van der Waals surface area contributed by atoms with Crippen molar-refractivity contribution >= 4 is 6.41 Å². The lowest BCUT2D eigenvalue weighted by molar-refractivity contribution is 0.336. The molecule has 0 aromatic carbocycles. The Hall–Kier alpha value is -0.530. The van der Waals surface area contributed by atoms with Gasteiger partial charge in [-0.05, 0) is 19.3 Å². The Labute approximate surface area is 68.6 Å². The second kappa shape index (κ2) is 4.37. The van der Waals surface area contributed by atoms with E-state index >= 15 is 0 Å². The normalized spacial score (nSPS) is 24.1. The molecule has 0 bridgehead atoms. The van der Waals surface area contributed by atoms with Gasteiger partial charge in [-0.3, -0.25) is 4.79 Å². The van der Waals surface area contributed by atoms with E-state index < -0.39 is 0 Å². The summed E-state index contributed by atoms with van der Waals surface area (Å²) >= 11 is 0. The van der Waals surface area contributed by atoms with E-state index in [4.69, 9.17) is 0 Å². The first-order valence-corrected chi connectivity index (χ1v) is 4.53. The third-order valence-electron chi connectivity index (χ3n) is 2.39. The number of likely N-dealkylation sites (tertiary alicyclic amines) is 1. The number of nitrogens with zero attached hydrogens (tertiary/aromatic N) is 1. The van der Waals surface area contributed by atoms with Crippen molar-refractivity contribution in [2.45, 2.75) is 45.1 Å². The van der Waals surface area contributed by atoms with Crippen LogP contribution in [-0.2, 0) is 4.79 Å². The van der Waals surface area contributed by atoms with Crippen molar-refractivity contribution in [1.82, 2.24) is 4.90 Å². The molecule has 1 fully saturated rings. The molecule has 1 atom stereocenters. The van der Waals surface area contributed by atoms with E-state index in [1.54, 1.807) is 0 Å². The Kier molecular flexibility index (Phi) is 3.40. The average molecular weight is 154 g/mol. The highest BCUT2D eigenvalue weighted by atomic mass is 16.1. The van der Waals surface area contributed by atoms with Crippen molar-refractivity contribution in [3.8, 4) is 0 Å². The number of amides is 1. The van der Waals surface area contributed by atoms with Gasteiger partial charge in [-0.2, -0.15) is 0 Å². The molecule has 1 saturated heterocycles. The first kappa shape index (κ1) is 8.57. The Bertz CT molecular complexity index is 125. The van der Waals surface area contributed by atoms with Crippen molar-refractivity contribution in [3.05, 3.63) is 0 Å². The largest absolute Gasteiger partial charge is 0.331 e. The minimum Gasteiger partial charge on any atom is -0.331 e. The van der Waals surface area contributed by atoms with Crippen molar-refractivity contribution in [2.75, 3.05) is 6.54 Å². The van der Waals surface area contributed by atoms with Crippen LogP contribution in [-0.4, -0.2) is 23.9 Å². The zero-order chi connectivity index (χ0) is 8.10. The summed E-state index contributed by atoms with van der Waals surface area (Å²) in [6, 6.07) is 0.507. The maximum atomic E-state index is 10.4. The summed E-state index contributed by atoms with van der Waals surface area (Å²) in [6.07, 6.45) is 8.00. The van der Waals surface area contributed by atoms with Gasteiger partial charge in [0.1, 0.15) is 0 Å². The van der Waals surface area contributed by atoms with Gasteiger partial charge in [-0.25, -0.2) is 0 Å². The Morgan fingerprint density at radius 3 is 3.09 bits per heavy atom. The van der Waals surface area contributed by atoms with Crippen molar-refractivity contribution < 1.29 is 4.79 Å². The fourth-order valence-corrected chi connectivity index (χ4v) is 1.70.